The molecular formula is C13H27NO. The van der Waals surface area contributed by atoms with E-state index in [1.165, 1.54) is 32.4 Å². The van der Waals surface area contributed by atoms with Gasteiger partial charge in [0.05, 0.1) is 6.10 Å². The summed E-state index contributed by atoms with van der Waals surface area (Å²) in [4.78, 5) is 2.36. The van der Waals surface area contributed by atoms with Gasteiger partial charge in [0.2, 0.25) is 0 Å². The summed E-state index contributed by atoms with van der Waals surface area (Å²) in [6.07, 6.45) is 4.54. The number of hydrogen-bond acceptors (Lipinski definition) is 2. The van der Waals surface area contributed by atoms with Crippen molar-refractivity contribution in [2.24, 2.45) is 11.8 Å². The van der Waals surface area contributed by atoms with Crippen LogP contribution < -0.4 is 0 Å². The van der Waals surface area contributed by atoms with Crippen molar-refractivity contribution < 1.29 is 4.74 Å². The van der Waals surface area contributed by atoms with Crippen LogP contribution in [0.25, 0.3) is 0 Å². The summed E-state index contributed by atoms with van der Waals surface area (Å²) in [5.41, 5.74) is 0. The molecule has 0 aromatic rings. The molecule has 2 nitrogen and oxygen atoms in total. The van der Waals surface area contributed by atoms with Crippen LogP contribution in [0.4, 0.5) is 0 Å². The third kappa shape index (κ3) is 4.52. The fraction of sp³-hybridized carbons (Fsp3) is 1.00. The Morgan fingerprint density at radius 2 is 1.80 bits per heavy atom. The zero-order valence-corrected chi connectivity index (χ0v) is 10.8. The van der Waals surface area contributed by atoms with Gasteiger partial charge >= 0.3 is 0 Å². The Morgan fingerprint density at radius 3 is 2.07 bits per heavy atom. The number of hydrogen-bond donors (Lipinski definition) is 0. The van der Waals surface area contributed by atoms with Gasteiger partial charge in [-0.1, -0.05) is 20.3 Å². The van der Waals surface area contributed by atoms with Crippen LogP contribution in [0.2, 0.25) is 0 Å². The van der Waals surface area contributed by atoms with Crippen LogP contribution in [0.3, 0.4) is 0 Å². The van der Waals surface area contributed by atoms with Gasteiger partial charge in [0.1, 0.15) is 0 Å². The van der Waals surface area contributed by atoms with Crippen molar-refractivity contribution in [3.05, 3.63) is 0 Å². The predicted octanol–water partition coefficient (Wildman–Crippen LogP) is 2.78. The monoisotopic (exact) mass is 213 g/mol. The Kier molecular flexibility index (Phi) is 5.62. The molecule has 0 radical (unpaired) electrons. The molecule has 0 amide bonds. The summed E-state index contributed by atoms with van der Waals surface area (Å²) < 4.78 is 5.35. The topological polar surface area (TPSA) is 12.5 Å². The summed E-state index contributed by atoms with van der Waals surface area (Å²) in [6, 6.07) is 0. The van der Waals surface area contributed by atoms with Crippen molar-refractivity contribution in [3.8, 4) is 0 Å². The molecule has 2 aliphatic rings. The minimum absolute atomic E-state index is 0.606. The highest BCUT2D eigenvalue weighted by Gasteiger charge is 2.24. The first-order valence-corrected chi connectivity index (χ1v) is 6.45. The van der Waals surface area contributed by atoms with Gasteiger partial charge in [-0.15, -0.1) is 0 Å². The maximum Gasteiger partial charge on any atom is 0.0580 e. The van der Waals surface area contributed by atoms with Gasteiger partial charge in [-0.05, 0) is 38.6 Å². The largest absolute Gasteiger partial charge is 0.378 e. The van der Waals surface area contributed by atoms with Gasteiger partial charge < -0.3 is 9.64 Å². The summed E-state index contributed by atoms with van der Waals surface area (Å²) in [6.45, 7) is 10.1. The zero-order chi connectivity index (χ0) is 11.3. The van der Waals surface area contributed by atoms with Crippen molar-refractivity contribution in [3.63, 3.8) is 0 Å². The van der Waals surface area contributed by atoms with Crippen molar-refractivity contribution in [1.29, 1.82) is 0 Å². The lowest BCUT2D eigenvalue weighted by atomic mass is 9.84. The molecular weight excluding hydrogens is 186 g/mol. The van der Waals surface area contributed by atoms with Crippen LogP contribution in [-0.4, -0.2) is 37.7 Å². The van der Waals surface area contributed by atoms with E-state index in [-0.39, 0.29) is 0 Å². The van der Waals surface area contributed by atoms with Gasteiger partial charge in [0.25, 0.3) is 0 Å². The van der Waals surface area contributed by atoms with Gasteiger partial charge in [0.15, 0.2) is 0 Å². The SMILES string of the molecule is CCC1CN(C)C1.CCOC1CC(C)C1. The molecule has 1 heterocycles. The van der Waals surface area contributed by atoms with E-state index in [1.54, 1.807) is 0 Å². The summed E-state index contributed by atoms with van der Waals surface area (Å²) >= 11 is 0. The van der Waals surface area contributed by atoms with Gasteiger partial charge in [-0.3, -0.25) is 0 Å². The molecule has 90 valence electrons. The quantitative estimate of drug-likeness (QED) is 0.715. The molecule has 0 aromatic carbocycles. The first-order chi connectivity index (χ1) is 7.15. The van der Waals surface area contributed by atoms with E-state index in [4.69, 9.17) is 4.74 Å². The standard InChI is InChI=1S/C7H14O.C6H13N/c1-3-8-7-4-6(2)5-7;1-3-6-4-7(2)5-6/h6-7H,3-5H2,1-2H3;6H,3-5H2,1-2H3. The molecule has 1 aliphatic carbocycles. The highest BCUT2D eigenvalue weighted by atomic mass is 16.5. The van der Waals surface area contributed by atoms with Gasteiger partial charge in [-0.2, -0.15) is 0 Å². The molecule has 0 atom stereocenters. The molecule has 2 fully saturated rings. The summed E-state index contributed by atoms with van der Waals surface area (Å²) in [5.74, 6) is 1.94. The Labute approximate surface area is 95.0 Å². The minimum Gasteiger partial charge on any atom is -0.378 e. The van der Waals surface area contributed by atoms with E-state index in [0.29, 0.717) is 6.10 Å². The lowest BCUT2D eigenvalue weighted by Crippen LogP contribution is -2.42. The normalized spacial score (nSPS) is 31.2. The molecule has 0 aromatic heterocycles. The summed E-state index contributed by atoms with van der Waals surface area (Å²) in [7, 11) is 2.17. The van der Waals surface area contributed by atoms with Crippen molar-refractivity contribution in [1.82, 2.24) is 4.90 Å². The van der Waals surface area contributed by atoms with E-state index >= 15 is 0 Å². The van der Waals surface area contributed by atoms with Crippen molar-refractivity contribution in [2.75, 3.05) is 26.7 Å². The average Bonchev–Trinajstić information content (AvgIpc) is 2.12. The average molecular weight is 213 g/mol. The van der Waals surface area contributed by atoms with E-state index < -0.39 is 0 Å². The number of nitrogens with zero attached hydrogens (tertiary/aromatic N) is 1. The number of rotatable bonds is 3. The van der Waals surface area contributed by atoms with Crippen LogP contribution in [0.1, 0.15) is 40.0 Å². The molecule has 2 rings (SSSR count). The molecule has 1 saturated heterocycles. The Morgan fingerprint density at radius 1 is 1.20 bits per heavy atom. The molecule has 15 heavy (non-hydrogen) atoms. The molecule has 0 spiro atoms. The molecule has 1 aliphatic heterocycles. The second-order valence-electron chi connectivity index (χ2n) is 5.15. The van der Waals surface area contributed by atoms with E-state index in [0.717, 1.165) is 18.4 Å². The van der Waals surface area contributed by atoms with Crippen LogP contribution in [-0.2, 0) is 4.74 Å². The van der Waals surface area contributed by atoms with E-state index in [2.05, 4.69) is 32.7 Å². The maximum atomic E-state index is 5.35. The Hall–Kier alpha value is -0.0800. The Balaban J connectivity index is 0.000000151. The first-order valence-electron chi connectivity index (χ1n) is 6.45. The fourth-order valence-electron chi connectivity index (χ4n) is 2.29. The van der Waals surface area contributed by atoms with Gasteiger partial charge in [-0.25, -0.2) is 0 Å². The van der Waals surface area contributed by atoms with Gasteiger partial charge in [0, 0.05) is 19.7 Å². The van der Waals surface area contributed by atoms with Crippen LogP contribution in [0, 0.1) is 11.8 Å². The Bertz CT molecular complexity index is 157. The van der Waals surface area contributed by atoms with E-state index in [9.17, 15) is 0 Å². The second-order valence-corrected chi connectivity index (χ2v) is 5.15. The van der Waals surface area contributed by atoms with E-state index in [1.807, 2.05) is 0 Å². The molecule has 0 bridgehead atoms. The van der Waals surface area contributed by atoms with Crippen LogP contribution in [0.5, 0.6) is 0 Å². The maximum absolute atomic E-state index is 5.35. The number of likely N-dealkylation sites (tertiary alicyclic amines) is 1. The third-order valence-electron chi connectivity index (χ3n) is 3.45. The molecule has 2 heteroatoms. The molecule has 0 N–H and O–H groups in total. The summed E-state index contributed by atoms with van der Waals surface area (Å²) in [5, 5.41) is 0. The van der Waals surface area contributed by atoms with Crippen molar-refractivity contribution in [2.45, 2.75) is 46.1 Å². The number of ether oxygens (including phenoxy) is 1. The van der Waals surface area contributed by atoms with Crippen LogP contribution >= 0.6 is 0 Å². The van der Waals surface area contributed by atoms with Crippen molar-refractivity contribution >= 4 is 0 Å². The zero-order valence-electron chi connectivity index (χ0n) is 10.8. The predicted molar refractivity (Wildman–Crippen MR) is 65.1 cm³/mol. The highest BCUT2D eigenvalue weighted by molar-refractivity contribution is 4.76. The first kappa shape index (κ1) is 13.0. The third-order valence-corrected chi connectivity index (χ3v) is 3.45. The fourth-order valence-corrected chi connectivity index (χ4v) is 2.29. The molecule has 1 saturated carbocycles. The molecule has 0 unspecified atom stereocenters. The van der Waals surface area contributed by atoms with Crippen LogP contribution in [0.15, 0.2) is 0 Å². The lowest BCUT2D eigenvalue weighted by molar-refractivity contribution is -0.0189. The minimum atomic E-state index is 0.606. The second kappa shape index (κ2) is 6.49. The lowest BCUT2D eigenvalue weighted by Gasteiger charge is -2.35. The highest BCUT2D eigenvalue weighted by Crippen LogP contribution is 2.28. The smallest absolute Gasteiger partial charge is 0.0580 e.